The lowest BCUT2D eigenvalue weighted by atomic mass is 10.7. The SMILES string of the molecule is CCOC=CC[SiH2]CC. The van der Waals surface area contributed by atoms with Crippen LogP contribution >= 0.6 is 0 Å². The van der Waals surface area contributed by atoms with Crippen LogP contribution in [0.5, 0.6) is 0 Å². The first-order valence-corrected chi connectivity index (χ1v) is 5.68. The van der Waals surface area contributed by atoms with Crippen LogP contribution in [0.2, 0.25) is 12.1 Å². The average molecular weight is 144 g/mol. The second kappa shape index (κ2) is 7.76. The van der Waals surface area contributed by atoms with Gasteiger partial charge in [-0.1, -0.05) is 19.0 Å². The van der Waals surface area contributed by atoms with Crippen molar-refractivity contribution in [2.75, 3.05) is 6.61 Å². The summed E-state index contributed by atoms with van der Waals surface area (Å²) in [5.74, 6) is 0. The Morgan fingerprint density at radius 3 is 2.78 bits per heavy atom. The van der Waals surface area contributed by atoms with E-state index in [1.54, 1.807) is 0 Å². The Bertz CT molecular complexity index is 71.3. The van der Waals surface area contributed by atoms with Crippen molar-refractivity contribution in [3.63, 3.8) is 0 Å². The number of allylic oxidation sites excluding steroid dienone is 1. The molecule has 9 heavy (non-hydrogen) atoms. The van der Waals surface area contributed by atoms with Crippen molar-refractivity contribution in [3.8, 4) is 0 Å². The first-order chi connectivity index (χ1) is 4.41. The van der Waals surface area contributed by atoms with E-state index < -0.39 is 0 Å². The Labute approximate surface area is 59.9 Å². The molecule has 0 atom stereocenters. The molecule has 0 saturated carbocycles. The molecule has 0 aliphatic rings. The van der Waals surface area contributed by atoms with Crippen molar-refractivity contribution < 1.29 is 4.74 Å². The summed E-state index contributed by atoms with van der Waals surface area (Å²) in [6, 6.07) is 2.69. The quantitative estimate of drug-likeness (QED) is 0.323. The minimum absolute atomic E-state index is 0.227. The number of rotatable bonds is 5. The van der Waals surface area contributed by atoms with Crippen LogP contribution < -0.4 is 0 Å². The standard InChI is InChI=1S/C7H16OSi/c1-3-8-6-5-7-9-4-2/h5-6H,3-4,7,9H2,1-2H3. The highest BCUT2D eigenvalue weighted by molar-refractivity contribution is 6.35. The molecule has 0 amide bonds. The van der Waals surface area contributed by atoms with Crippen LogP contribution in [0.1, 0.15) is 13.8 Å². The highest BCUT2D eigenvalue weighted by Gasteiger charge is 1.77. The van der Waals surface area contributed by atoms with Crippen LogP contribution in [0, 0.1) is 0 Å². The van der Waals surface area contributed by atoms with Gasteiger partial charge in [-0.05, 0) is 13.0 Å². The Hall–Kier alpha value is -0.243. The minimum Gasteiger partial charge on any atom is -0.502 e. The van der Waals surface area contributed by atoms with Crippen LogP contribution in [0.25, 0.3) is 0 Å². The summed E-state index contributed by atoms with van der Waals surface area (Å²) < 4.78 is 5.02. The molecule has 0 rings (SSSR count). The van der Waals surface area contributed by atoms with Gasteiger partial charge in [0.2, 0.25) is 0 Å². The van der Waals surface area contributed by atoms with Gasteiger partial charge in [0.05, 0.1) is 12.9 Å². The molecular formula is C7H16OSi. The molecule has 0 heterocycles. The van der Waals surface area contributed by atoms with E-state index in [-0.39, 0.29) is 9.52 Å². The van der Waals surface area contributed by atoms with Gasteiger partial charge in [-0.15, -0.1) is 0 Å². The van der Waals surface area contributed by atoms with Gasteiger partial charge in [0.25, 0.3) is 0 Å². The molecule has 0 bridgehead atoms. The first kappa shape index (κ1) is 8.76. The Kier molecular flexibility index (Phi) is 7.55. The fourth-order valence-electron chi connectivity index (χ4n) is 0.554. The first-order valence-electron chi connectivity index (χ1n) is 3.68. The topological polar surface area (TPSA) is 9.23 Å². The number of hydrogen-bond donors (Lipinski definition) is 0. The van der Waals surface area contributed by atoms with Crippen LogP contribution in [0.3, 0.4) is 0 Å². The third-order valence-corrected chi connectivity index (χ3v) is 2.53. The summed E-state index contributed by atoms with van der Waals surface area (Å²) in [5, 5.41) is 0. The second-order valence-corrected chi connectivity index (χ2v) is 4.25. The summed E-state index contributed by atoms with van der Waals surface area (Å²) in [7, 11) is 0.227. The van der Waals surface area contributed by atoms with Crippen LogP contribution in [0.15, 0.2) is 12.3 Å². The molecule has 0 N–H and O–H groups in total. The van der Waals surface area contributed by atoms with Crippen molar-refractivity contribution in [3.05, 3.63) is 12.3 Å². The van der Waals surface area contributed by atoms with Crippen LogP contribution in [0.4, 0.5) is 0 Å². The predicted molar refractivity (Wildman–Crippen MR) is 44.6 cm³/mol. The molecule has 0 radical (unpaired) electrons. The molecule has 0 aromatic carbocycles. The third-order valence-electron chi connectivity index (χ3n) is 1.08. The van der Waals surface area contributed by atoms with Gasteiger partial charge in [0.15, 0.2) is 0 Å². The number of hydrogen-bond acceptors (Lipinski definition) is 1. The van der Waals surface area contributed by atoms with Crippen molar-refractivity contribution in [2.45, 2.75) is 25.9 Å². The van der Waals surface area contributed by atoms with E-state index in [0.717, 1.165) is 6.61 Å². The molecule has 0 saturated heterocycles. The summed E-state index contributed by atoms with van der Waals surface area (Å²) in [6.07, 6.45) is 3.96. The maximum absolute atomic E-state index is 5.02. The van der Waals surface area contributed by atoms with Gasteiger partial charge in [0.1, 0.15) is 0 Å². The third kappa shape index (κ3) is 7.76. The van der Waals surface area contributed by atoms with Gasteiger partial charge in [0, 0.05) is 9.52 Å². The fraction of sp³-hybridized carbons (Fsp3) is 0.714. The summed E-state index contributed by atoms with van der Waals surface area (Å²) in [6.45, 7) is 5.05. The lowest BCUT2D eigenvalue weighted by Crippen LogP contribution is -1.82. The van der Waals surface area contributed by atoms with Gasteiger partial charge < -0.3 is 4.74 Å². The Balaban J connectivity index is 2.86. The molecule has 1 nitrogen and oxygen atoms in total. The fourth-order valence-corrected chi connectivity index (χ4v) is 1.33. The Morgan fingerprint density at radius 2 is 2.22 bits per heavy atom. The highest BCUT2D eigenvalue weighted by atomic mass is 28.2. The second-order valence-electron chi connectivity index (χ2n) is 1.97. The molecule has 0 aromatic rings. The van der Waals surface area contributed by atoms with E-state index in [9.17, 15) is 0 Å². The monoisotopic (exact) mass is 144 g/mol. The molecule has 0 aliphatic carbocycles. The molecule has 0 aromatic heterocycles. The Morgan fingerprint density at radius 1 is 1.44 bits per heavy atom. The van der Waals surface area contributed by atoms with Gasteiger partial charge in [-0.25, -0.2) is 0 Å². The lowest BCUT2D eigenvalue weighted by Gasteiger charge is -1.90. The van der Waals surface area contributed by atoms with E-state index in [4.69, 9.17) is 4.74 Å². The highest BCUT2D eigenvalue weighted by Crippen LogP contribution is 1.86. The van der Waals surface area contributed by atoms with Crippen LogP contribution in [-0.2, 0) is 4.74 Å². The zero-order chi connectivity index (χ0) is 6.95. The zero-order valence-corrected chi connectivity index (χ0v) is 7.81. The largest absolute Gasteiger partial charge is 0.502 e. The maximum atomic E-state index is 5.02. The van der Waals surface area contributed by atoms with E-state index in [0.29, 0.717) is 0 Å². The van der Waals surface area contributed by atoms with E-state index in [2.05, 4.69) is 13.0 Å². The lowest BCUT2D eigenvalue weighted by molar-refractivity contribution is 0.269. The molecule has 2 heteroatoms. The van der Waals surface area contributed by atoms with Gasteiger partial charge in [-0.2, -0.15) is 0 Å². The minimum atomic E-state index is 0.227. The average Bonchev–Trinajstić information content (AvgIpc) is 1.89. The normalized spacial score (nSPS) is 11.8. The van der Waals surface area contributed by atoms with Crippen molar-refractivity contribution in [2.24, 2.45) is 0 Å². The molecular weight excluding hydrogens is 128 g/mol. The zero-order valence-electron chi connectivity index (χ0n) is 6.39. The summed E-state index contributed by atoms with van der Waals surface area (Å²) in [5.41, 5.74) is 0. The summed E-state index contributed by atoms with van der Waals surface area (Å²) in [4.78, 5) is 0. The van der Waals surface area contributed by atoms with E-state index >= 15 is 0 Å². The predicted octanol–water partition coefficient (Wildman–Crippen LogP) is 1.56. The smallest absolute Gasteiger partial charge is 0.0845 e. The van der Waals surface area contributed by atoms with Crippen molar-refractivity contribution >= 4 is 9.52 Å². The van der Waals surface area contributed by atoms with Crippen LogP contribution in [-0.4, -0.2) is 16.1 Å². The number of ether oxygens (including phenoxy) is 1. The molecule has 0 unspecified atom stereocenters. The molecule has 0 spiro atoms. The van der Waals surface area contributed by atoms with Gasteiger partial charge in [-0.3, -0.25) is 0 Å². The molecule has 0 aliphatic heterocycles. The molecule has 0 fully saturated rings. The van der Waals surface area contributed by atoms with E-state index in [1.165, 1.54) is 12.1 Å². The van der Waals surface area contributed by atoms with Crippen molar-refractivity contribution in [1.82, 2.24) is 0 Å². The molecule has 54 valence electrons. The van der Waals surface area contributed by atoms with Gasteiger partial charge >= 0.3 is 0 Å². The maximum Gasteiger partial charge on any atom is 0.0845 e. The summed E-state index contributed by atoms with van der Waals surface area (Å²) >= 11 is 0. The van der Waals surface area contributed by atoms with Crippen molar-refractivity contribution in [1.29, 1.82) is 0 Å². The van der Waals surface area contributed by atoms with E-state index in [1.807, 2.05) is 13.2 Å².